The Hall–Kier alpha value is 0.510. The number of rotatable bonds is 4. The molecule has 0 amide bonds. The van der Waals surface area contributed by atoms with Crippen LogP contribution in [0.15, 0.2) is 40.0 Å². The van der Waals surface area contributed by atoms with Crippen LogP contribution in [0.25, 0.3) is 0 Å². The second-order valence-electron chi connectivity index (χ2n) is 5.79. The maximum Gasteiger partial charge on any atom is 1.00 e. The third kappa shape index (κ3) is 5.50. The van der Waals surface area contributed by atoms with Gasteiger partial charge in [0, 0.05) is 10.7 Å². The van der Waals surface area contributed by atoms with Crippen molar-refractivity contribution < 1.29 is 56.2 Å². The summed E-state index contributed by atoms with van der Waals surface area (Å²) in [5, 5.41) is 0.185. The molecule has 0 spiro atoms. The van der Waals surface area contributed by atoms with Crippen LogP contribution in [0.2, 0.25) is 0 Å². The van der Waals surface area contributed by atoms with Gasteiger partial charge in [0.25, 0.3) is 0 Å². The average molecular weight is 460 g/mol. The molecule has 11 heteroatoms. The van der Waals surface area contributed by atoms with Crippen LogP contribution in [-0.4, -0.2) is 47.3 Å². The largest absolute Gasteiger partial charge is 1.00 e. The smallest absolute Gasteiger partial charge is 0.726 e. The predicted octanol–water partition coefficient (Wildman–Crippen LogP) is -0.796. The van der Waals surface area contributed by atoms with Crippen molar-refractivity contribution in [1.82, 2.24) is 4.98 Å². The summed E-state index contributed by atoms with van der Waals surface area (Å²) in [7, 11) is -4.91. The van der Waals surface area contributed by atoms with Crippen LogP contribution in [-0.2, 0) is 24.1 Å². The van der Waals surface area contributed by atoms with Crippen LogP contribution in [0.4, 0.5) is 0 Å². The Labute approximate surface area is 181 Å². The van der Waals surface area contributed by atoms with Crippen molar-refractivity contribution in [2.75, 3.05) is 0 Å². The first-order valence-electron chi connectivity index (χ1n) is 7.09. The predicted molar refractivity (Wildman–Crippen MR) is 89.3 cm³/mol. The Kier molecular flexibility index (Phi) is 7.20. The monoisotopic (exact) mass is 459 g/mol. The minimum Gasteiger partial charge on any atom is -0.726 e. The van der Waals surface area contributed by atoms with Crippen LogP contribution in [0.1, 0.15) is 13.8 Å². The van der Waals surface area contributed by atoms with E-state index in [9.17, 15) is 13.0 Å². The SMILES string of the molecule is CC1(C)O[C@H]2[C@H](OS(=O)(=O)[O-])[C@@H](Sc3ccccn3)C=C(Br)[C@H]2O1.[Na+]. The van der Waals surface area contributed by atoms with E-state index in [2.05, 4.69) is 20.9 Å². The first-order chi connectivity index (χ1) is 11.1. The van der Waals surface area contributed by atoms with Gasteiger partial charge in [0.1, 0.15) is 18.3 Å². The molecule has 0 unspecified atom stereocenters. The molecule has 25 heavy (non-hydrogen) atoms. The van der Waals surface area contributed by atoms with Gasteiger partial charge in [-0.3, -0.25) is 4.18 Å². The molecule has 1 aromatic rings. The molecule has 1 aromatic heterocycles. The van der Waals surface area contributed by atoms with Gasteiger partial charge in [-0.15, -0.1) is 0 Å². The molecule has 0 N–H and O–H groups in total. The number of nitrogens with zero attached hydrogens (tertiary/aromatic N) is 1. The fraction of sp³-hybridized carbons (Fsp3) is 0.500. The molecule has 1 saturated heterocycles. The zero-order chi connectivity index (χ0) is 17.5. The van der Waals surface area contributed by atoms with E-state index in [1.165, 1.54) is 11.8 Å². The quantitative estimate of drug-likeness (QED) is 0.328. The van der Waals surface area contributed by atoms with E-state index in [0.29, 0.717) is 5.03 Å². The van der Waals surface area contributed by atoms with Crippen molar-refractivity contribution in [2.45, 2.75) is 48.2 Å². The molecular weight excluding hydrogens is 445 g/mol. The Morgan fingerprint density at radius 3 is 2.68 bits per heavy atom. The molecule has 132 valence electrons. The second kappa shape index (κ2) is 8.26. The van der Waals surface area contributed by atoms with Gasteiger partial charge >= 0.3 is 29.6 Å². The van der Waals surface area contributed by atoms with Crippen LogP contribution in [0.3, 0.4) is 0 Å². The number of thioether (sulfide) groups is 1. The van der Waals surface area contributed by atoms with Gasteiger partial charge in [0.05, 0.1) is 10.3 Å². The van der Waals surface area contributed by atoms with Gasteiger partial charge in [0.2, 0.25) is 10.4 Å². The summed E-state index contributed by atoms with van der Waals surface area (Å²) in [5.74, 6) is -0.916. The molecule has 2 aliphatic rings. The van der Waals surface area contributed by atoms with Crippen LogP contribution >= 0.6 is 27.7 Å². The van der Waals surface area contributed by atoms with Gasteiger partial charge in [-0.25, -0.2) is 13.4 Å². The zero-order valence-electron chi connectivity index (χ0n) is 13.8. The maximum absolute atomic E-state index is 11.2. The Bertz CT molecular complexity index is 745. The third-order valence-electron chi connectivity index (χ3n) is 3.50. The summed E-state index contributed by atoms with van der Waals surface area (Å²) in [6.07, 6.45) is 1.11. The first-order valence-corrected chi connectivity index (χ1v) is 10.1. The van der Waals surface area contributed by atoms with Gasteiger partial charge in [-0.2, -0.15) is 0 Å². The standard InChI is InChI=1S/C14H16BrNO6S2.Na/c1-14(2)20-11-8(15)7-9(23-10-5-3-4-6-16-10)12(13(11)21-14)22-24(17,18)19;/h3-7,9,11-13H,1-2H3,(H,17,18,19);/q;+1/p-1/t9-,11+,12+,13+;/m0./s1. The van der Waals surface area contributed by atoms with Gasteiger partial charge < -0.3 is 14.0 Å². The van der Waals surface area contributed by atoms with E-state index in [0.717, 1.165) is 4.48 Å². The molecule has 0 aromatic carbocycles. The Balaban J connectivity index is 0.00000225. The molecule has 4 atom stereocenters. The number of hydrogen-bond donors (Lipinski definition) is 0. The Morgan fingerprint density at radius 1 is 1.36 bits per heavy atom. The summed E-state index contributed by atoms with van der Waals surface area (Å²) >= 11 is 4.73. The number of halogens is 1. The van der Waals surface area contributed by atoms with E-state index >= 15 is 0 Å². The van der Waals surface area contributed by atoms with E-state index in [1.807, 2.05) is 6.07 Å². The van der Waals surface area contributed by atoms with Gasteiger partial charge in [-0.05, 0) is 26.0 Å². The van der Waals surface area contributed by atoms with E-state index in [4.69, 9.17) is 13.7 Å². The van der Waals surface area contributed by atoms with Crippen molar-refractivity contribution in [3.8, 4) is 0 Å². The maximum atomic E-state index is 11.2. The van der Waals surface area contributed by atoms with Crippen molar-refractivity contribution in [1.29, 1.82) is 0 Å². The molecule has 1 aliphatic carbocycles. The number of pyridine rings is 1. The van der Waals surface area contributed by atoms with E-state index in [1.54, 1.807) is 38.3 Å². The molecule has 1 fully saturated rings. The van der Waals surface area contributed by atoms with Crippen molar-refractivity contribution >= 4 is 38.1 Å². The Morgan fingerprint density at radius 2 is 2.08 bits per heavy atom. The summed E-state index contributed by atoms with van der Waals surface area (Å²) in [5.41, 5.74) is 0. The summed E-state index contributed by atoms with van der Waals surface area (Å²) in [6.45, 7) is 3.44. The minimum absolute atomic E-state index is 0. The number of fused-ring (bicyclic) bond motifs is 1. The summed E-state index contributed by atoms with van der Waals surface area (Å²) in [6, 6.07) is 5.38. The first kappa shape index (κ1) is 21.8. The van der Waals surface area contributed by atoms with Gasteiger partial charge in [-0.1, -0.05) is 39.8 Å². The molecule has 0 bridgehead atoms. The second-order valence-corrected chi connectivity index (χ2v) is 8.91. The molecule has 7 nitrogen and oxygen atoms in total. The zero-order valence-corrected chi connectivity index (χ0v) is 19.0. The van der Waals surface area contributed by atoms with Gasteiger partial charge in [0.15, 0.2) is 5.79 Å². The molecule has 2 heterocycles. The molecule has 0 saturated carbocycles. The van der Waals surface area contributed by atoms with E-state index in [-0.39, 0.29) is 29.6 Å². The number of hydrogen-bond acceptors (Lipinski definition) is 8. The van der Waals surface area contributed by atoms with Crippen LogP contribution in [0.5, 0.6) is 0 Å². The number of aromatic nitrogens is 1. The summed E-state index contributed by atoms with van der Waals surface area (Å²) < 4.78 is 50.7. The fourth-order valence-electron chi connectivity index (χ4n) is 2.68. The van der Waals surface area contributed by atoms with Crippen LogP contribution in [0, 0.1) is 0 Å². The van der Waals surface area contributed by atoms with Crippen LogP contribution < -0.4 is 29.6 Å². The third-order valence-corrected chi connectivity index (χ3v) is 5.83. The van der Waals surface area contributed by atoms with Crippen molar-refractivity contribution in [3.05, 3.63) is 35.0 Å². The molecular formula is C14H15BrNNaO6S2. The topological polar surface area (TPSA) is 97.8 Å². The average Bonchev–Trinajstić information content (AvgIpc) is 2.80. The van der Waals surface area contributed by atoms with Crippen molar-refractivity contribution in [2.24, 2.45) is 0 Å². The molecule has 3 rings (SSSR count). The molecule has 0 radical (unpaired) electrons. The fourth-order valence-corrected chi connectivity index (χ4v) is 5.18. The van der Waals surface area contributed by atoms with E-state index < -0.39 is 39.7 Å². The normalized spacial score (nSPS) is 31.0. The van der Waals surface area contributed by atoms with Crippen molar-refractivity contribution in [3.63, 3.8) is 0 Å². The number of ether oxygens (including phenoxy) is 2. The summed E-state index contributed by atoms with van der Waals surface area (Å²) in [4.78, 5) is 4.21. The molecule has 1 aliphatic heterocycles. The minimum atomic E-state index is -4.91.